The first-order chi connectivity index (χ1) is 12.7. The van der Waals surface area contributed by atoms with Crippen molar-refractivity contribution < 1.29 is 14.6 Å². The normalized spacial score (nSPS) is 25.5. The van der Waals surface area contributed by atoms with Crippen molar-refractivity contribution in [2.75, 3.05) is 13.1 Å². The van der Waals surface area contributed by atoms with Crippen LogP contribution in [0.5, 0.6) is 0 Å². The summed E-state index contributed by atoms with van der Waals surface area (Å²) in [5.41, 5.74) is 3.79. The molecular weight excluding hydrogens is 326 g/mol. The van der Waals surface area contributed by atoms with Gasteiger partial charge in [0, 0.05) is 6.54 Å². The summed E-state index contributed by atoms with van der Waals surface area (Å²) in [4.78, 5) is 15.4. The molecule has 0 bridgehead atoms. The first-order valence-corrected chi connectivity index (χ1v) is 9.39. The maximum atomic E-state index is 13.4. The van der Waals surface area contributed by atoms with Crippen LogP contribution < -0.4 is 0 Å². The fourth-order valence-electron chi connectivity index (χ4n) is 4.66. The molecule has 2 fully saturated rings. The Hall–Kier alpha value is -2.17. The minimum Gasteiger partial charge on any atom is -0.392 e. The van der Waals surface area contributed by atoms with Gasteiger partial charge in [-0.25, -0.2) is 0 Å². The van der Waals surface area contributed by atoms with E-state index in [1.165, 1.54) is 11.1 Å². The molecule has 2 heterocycles. The number of hydrogen-bond donors (Lipinski definition) is 1. The summed E-state index contributed by atoms with van der Waals surface area (Å²) in [6.07, 6.45) is 2.69. The van der Waals surface area contributed by atoms with Gasteiger partial charge in [0.1, 0.15) is 5.60 Å². The molecule has 1 spiro atoms. The van der Waals surface area contributed by atoms with E-state index in [2.05, 4.69) is 18.2 Å². The maximum Gasteiger partial charge on any atom is 0.233 e. The number of carbonyl (C=O) groups is 1. The predicted octanol–water partition coefficient (Wildman–Crippen LogP) is 2.87. The number of aliphatic hydroxyl groups excluding tert-OH is 1. The van der Waals surface area contributed by atoms with Crippen LogP contribution in [0.2, 0.25) is 0 Å². The van der Waals surface area contributed by atoms with Crippen molar-refractivity contribution in [1.82, 2.24) is 4.90 Å². The molecule has 134 valence electrons. The molecule has 4 heteroatoms. The van der Waals surface area contributed by atoms with Crippen molar-refractivity contribution in [1.29, 1.82) is 0 Å². The number of aliphatic hydroxyl groups is 1. The second-order valence-corrected chi connectivity index (χ2v) is 7.85. The molecule has 1 saturated carbocycles. The van der Waals surface area contributed by atoms with Crippen molar-refractivity contribution in [3.8, 4) is 0 Å². The Bertz CT molecular complexity index is 856. The highest BCUT2D eigenvalue weighted by Crippen LogP contribution is 2.52. The molecule has 2 aromatic rings. The van der Waals surface area contributed by atoms with Crippen molar-refractivity contribution in [3.05, 3.63) is 70.8 Å². The SMILES string of the molecule is O=C(N1CC[C@@]2(C1)OCc1ccccc12)C1(c2ccc(CO)cc2)CC1. The van der Waals surface area contributed by atoms with Gasteiger partial charge in [0.15, 0.2) is 0 Å². The highest BCUT2D eigenvalue weighted by Gasteiger charge is 2.56. The number of amides is 1. The molecule has 0 aromatic heterocycles. The third-order valence-electron chi connectivity index (χ3n) is 6.38. The Labute approximate surface area is 153 Å². The van der Waals surface area contributed by atoms with Crippen LogP contribution in [-0.4, -0.2) is 29.0 Å². The van der Waals surface area contributed by atoms with E-state index >= 15 is 0 Å². The number of carbonyl (C=O) groups excluding carboxylic acids is 1. The van der Waals surface area contributed by atoms with Crippen LogP contribution in [0.25, 0.3) is 0 Å². The molecule has 1 aliphatic carbocycles. The molecule has 5 rings (SSSR count). The molecule has 2 aliphatic heterocycles. The number of benzene rings is 2. The lowest BCUT2D eigenvalue weighted by Crippen LogP contribution is -2.40. The van der Waals surface area contributed by atoms with Gasteiger partial charge in [-0.15, -0.1) is 0 Å². The summed E-state index contributed by atoms with van der Waals surface area (Å²) in [6, 6.07) is 16.2. The van der Waals surface area contributed by atoms with E-state index in [4.69, 9.17) is 4.74 Å². The smallest absolute Gasteiger partial charge is 0.233 e. The third kappa shape index (κ3) is 2.25. The van der Waals surface area contributed by atoms with E-state index in [1.807, 2.05) is 35.2 Å². The molecular formula is C22H23NO3. The lowest BCUT2D eigenvalue weighted by molar-refractivity contribution is -0.134. The maximum absolute atomic E-state index is 13.4. The van der Waals surface area contributed by atoms with Gasteiger partial charge in [-0.3, -0.25) is 4.79 Å². The van der Waals surface area contributed by atoms with Gasteiger partial charge >= 0.3 is 0 Å². The minimum atomic E-state index is -0.363. The van der Waals surface area contributed by atoms with Crippen molar-refractivity contribution in [2.24, 2.45) is 0 Å². The topological polar surface area (TPSA) is 49.8 Å². The highest BCUT2D eigenvalue weighted by molar-refractivity contribution is 5.91. The standard InChI is InChI=1S/C22H23NO3/c24-13-16-5-7-18(8-6-16)21(9-10-21)20(25)23-12-11-22(15-23)19-4-2-1-3-17(19)14-26-22/h1-8,24H,9-15H2/t22-/m0/s1. The van der Waals surface area contributed by atoms with Gasteiger partial charge in [0.25, 0.3) is 0 Å². The summed E-state index contributed by atoms with van der Waals surface area (Å²) in [5.74, 6) is 0.235. The molecule has 0 radical (unpaired) electrons. The van der Waals surface area contributed by atoms with Gasteiger partial charge in [-0.1, -0.05) is 48.5 Å². The fraction of sp³-hybridized carbons (Fsp3) is 0.409. The third-order valence-corrected chi connectivity index (χ3v) is 6.38. The van der Waals surface area contributed by atoms with Crippen LogP contribution in [0.4, 0.5) is 0 Å². The lowest BCUT2D eigenvalue weighted by Gasteiger charge is -2.27. The van der Waals surface area contributed by atoms with Gasteiger partial charge in [-0.05, 0) is 41.5 Å². The Morgan fingerprint density at radius 1 is 1.08 bits per heavy atom. The van der Waals surface area contributed by atoms with Crippen LogP contribution >= 0.6 is 0 Å². The first kappa shape index (κ1) is 16.0. The Kier molecular flexibility index (Phi) is 3.49. The van der Waals surface area contributed by atoms with Gasteiger partial charge in [0.2, 0.25) is 5.91 Å². The number of hydrogen-bond acceptors (Lipinski definition) is 3. The molecule has 4 nitrogen and oxygen atoms in total. The Morgan fingerprint density at radius 3 is 2.58 bits per heavy atom. The predicted molar refractivity (Wildman–Crippen MR) is 97.4 cm³/mol. The highest BCUT2D eigenvalue weighted by atomic mass is 16.5. The van der Waals surface area contributed by atoms with Crippen LogP contribution in [0.1, 0.15) is 41.5 Å². The molecule has 1 N–H and O–H groups in total. The van der Waals surface area contributed by atoms with Crippen molar-refractivity contribution >= 4 is 5.91 Å². The van der Waals surface area contributed by atoms with Crippen molar-refractivity contribution in [3.63, 3.8) is 0 Å². The minimum absolute atomic E-state index is 0.0343. The summed E-state index contributed by atoms with van der Waals surface area (Å²) < 4.78 is 6.20. The summed E-state index contributed by atoms with van der Waals surface area (Å²) >= 11 is 0. The molecule has 26 heavy (non-hydrogen) atoms. The number of ether oxygens (including phenoxy) is 1. The fourth-order valence-corrected chi connectivity index (χ4v) is 4.66. The average Bonchev–Trinajstić information content (AvgIpc) is 3.28. The molecule has 0 unspecified atom stereocenters. The molecule has 1 amide bonds. The van der Waals surface area contributed by atoms with Crippen LogP contribution in [-0.2, 0) is 33.8 Å². The van der Waals surface area contributed by atoms with Crippen LogP contribution in [0.15, 0.2) is 48.5 Å². The molecule has 2 aromatic carbocycles. The number of rotatable bonds is 3. The molecule has 3 aliphatic rings. The lowest BCUT2D eigenvalue weighted by atomic mass is 9.91. The van der Waals surface area contributed by atoms with Crippen LogP contribution in [0, 0.1) is 0 Å². The Morgan fingerprint density at radius 2 is 1.85 bits per heavy atom. The van der Waals surface area contributed by atoms with E-state index in [0.29, 0.717) is 13.2 Å². The van der Waals surface area contributed by atoms with E-state index < -0.39 is 0 Å². The molecule has 1 atom stereocenters. The first-order valence-electron chi connectivity index (χ1n) is 9.39. The Balaban J connectivity index is 1.39. The number of fused-ring (bicyclic) bond motifs is 2. The summed E-state index contributed by atoms with van der Waals surface area (Å²) in [7, 11) is 0. The largest absolute Gasteiger partial charge is 0.392 e. The van der Waals surface area contributed by atoms with E-state index in [0.717, 1.165) is 36.9 Å². The van der Waals surface area contributed by atoms with E-state index in [1.54, 1.807) is 0 Å². The summed E-state index contributed by atoms with van der Waals surface area (Å²) in [6.45, 7) is 2.08. The van der Waals surface area contributed by atoms with Crippen molar-refractivity contribution in [2.45, 2.75) is 43.5 Å². The number of nitrogens with zero attached hydrogens (tertiary/aromatic N) is 1. The summed E-state index contributed by atoms with van der Waals surface area (Å²) in [5, 5.41) is 9.24. The zero-order chi connectivity index (χ0) is 17.8. The average molecular weight is 349 g/mol. The van der Waals surface area contributed by atoms with E-state index in [9.17, 15) is 9.90 Å². The monoisotopic (exact) mass is 349 g/mol. The second-order valence-electron chi connectivity index (χ2n) is 7.85. The number of likely N-dealkylation sites (tertiary alicyclic amines) is 1. The molecule has 1 saturated heterocycles. The van der Waals surface area contributed by atoms with Crippen LogP contribution in [0.3, 0.4) is 0 Å². The quantitative estimate of drug-likeness (QED) is 0.927. The zero-order valence-corrected chi connectivity index (χ0v) is 14.8. The van der Waals surface area contributed by atoms with E-state index in [-0.39, 0.29) is 23.5 Å². The zero-order valence-electron chi connectivity index (χ0n) is 14.8. The van der Waals surface area contributed by atoms with Gasteiger partial charge < -0.3 is 14.7 Å². The van der Waals surface area contributed by atoms with Gasteiger partial charge in [0.05, 0.1) is 25.2 Å². The second kappa shape index (κ2) is 5.66. The van der Waals surface area contributed by atoms with Gasteiger partial charge in [-0.2, -0.15) is 0 Å².